The minimum absolute atomic E-state index is 0.202. The Morgan fingerprint density at radius 1 is 1.50 bits per heavy atom. The van der Waals surface area contributed by atoms with Crippen LogP contribution < -0.4 is 10.5 Å². The molecule has 0 aromatic carbocycles. The zero-order valence-corrected chi connectivity index (χ0v) is 12.0. The lowest BCUT2D eigenvalue weighted by atomic mass is 10.0. The summed E-state index contributed by atoms with van der Waals surface area (Å²) in [5.41, 5.74) is 6.46. The van der Waals surface area contributed by atoms with Crippen LogP contribution in [0, 0.1) is 0 Å². The number of nitrogens with zero attached hydrogens (tertiary/aromatic N) is 2. The quantitative estimate of drug-likeness (QED) is 0.837. The van der Waals surface area contributed by atoms with Crippen molar-refractivity contribution >= 4 is 11.7 Å². The van der Waals surface area contributed by atoms with E-state index in [1.54, 1.807) is 6.07 Å². The van der Waals surface area contributed by atoms with Crippen molar-refractivity contribution in [3.05, 3.63) is 17.8 Å². The van der Waals surface area contributed by atoms with E-state index in [1.807, 2.05) is 0 Å². The van der Waals surface area contributed by atoms with Gasteiger partial charge in [0.2, 0.25) is 5.88 Å². The summed E-state index contributed by atoms with van der Waals surface area (Å²) in [6, 6.07) is 3.51. The van der Waals surface area contributed by atoms with E-state index in [9.17, 15) is 4.79 Å². The second kappa shape index (κ2) is 6.56. The lowest BCUT2D eigenvalue weighted by Crippen LogP contribution is -2.40. The Bertz CT molecular complexity index is 479. The molecule has 1 fully saturated rings. The van der Waals surface area contributed by atoms with E-state index in [0.29, 0.717) is 24.2 Å². The van der Waals surface area contributed by atoms with E-state index in [0.717, 1.165) is 13.0 Å². The minimum atomic E-state index is -0.496. The SMILES string of the molecule is COC(=O)c1ccc(N)c(OCC2CCCCN2C)n1. The number of hydrogen-bond donors (Lipinski definition) is 1. The maximum atomic E-state index is 11.4. The number of hydrogen-bond acceptors (Lipinski definition) is 6. The van der Waals surface area contributed by atoms with Gasteiger partial charge in [-0.1, -0.05) is 6.42 Å². The Labute approximate surface area is 118 Å². The normalized spacial score (nSPS) is 19.6. The number of carbonyl (C=O) groups excluding carboxylic acids is 1. The van der Waals surface area contributed by atoms with Crippen LogP contribution in [0.5, 0.6) is 5.88 Å². The Hall–Kier alpha value is -1.82. The molecule has 0 saturated carbocycles. The van der Waals surface area contributed by atoms with Crippen molar-refractivity contribution in [3.63, 3.8) is 0 Å². The van der Waals surface area contributed by atoms with Crippen molar-refractivity contribution in [2.45, 2.75) is 25.3 Å². The lowest BCUT2D eigenvalue weighted by Gasteiger charge is -2.32. The van der Waals surface area contributed by atoms with Gasteiger partial charge in [0.25, 0.3) is 0 Å². The number of methoxy groups -OCH3 is 1. The number of likely N-dealkylation sites (N-methyl/N-ethyl adjacent to an activating group) is 1. The first-order valence-electron chi connectivity index (χ1n) is 6.79. The van der Waals surface area contributed by atoms with Crippen molar-refractivity contribution in [1.82, 2.24) is 9.88 Å². The van der Waals surface area contributed by atoms with Crippen LogP contribution in [0.25, 0.3) is 0 Å². The highest BCUT2D eigenvalue weighted by Crippen LogP contribution is 2.21. The molecule has 6 nitrogen and oxygen atoms in total. The Kier molecular flexibility index (Phi) is 4.79. The molecule has 6 heteroatoms. The van der Waals surface area contributed by atoms with E-state index < -0.39 is 5.97 Å². The standard InChI is InChI=1S/C14H21N3O3/c1-17-8-4-3-5-10(17)9-20-13-11(15)6-7-12(16-13)14(18)19-2/h6-7,10H,3-5,8-9,15H2,1-2H3. The molecule has 2 rings (SSSR count). The molecule has 1 aliphatic rings. The van der Waals surface area contributed by atoms with Crippen LogP contribution in [-0.4, -0.2) is 49.2 Å². The molecule has 2 N–H and O–H groups in total. The van der Waals surface area contributed by atoms with Gasteiger partial charge in [-0.2, -0.15) is 0 Å². The fraction of sp³-hybridized carbons (Fsp3) is 0.571. The van der Waals surface area contributed by atoms with Crippen LogP contribution in [-0.2, 0) is 4.74 Å². The number of rotatable bonds is 4. The highest BCUT2D eigenvalue weighted by Gasteiger charge is 2.20. The first-order chi connectivity index (χ1) is 9.61. The van der Waals surface area contributed by atoms with Crippen molar-refractivity contribution in [2.24, 2.45) is 0 Å². The molecule has 0 spiro atoms. The molecule has 0 aliphatic carbocycles. The molecule has 2 heterocycles. The van der Waals surface area contributed by atoms with Crippen molar-refractivity contribution < 1.29 is 14.3 Å². The van der Waals surface area contributed by atoms with Crippen LogP contribution in [0.15, 0.2) is 12.1 Å². The van der Waals surface area contributed by atoms with Crippen LogP contribution in [0.3, 0.4) is 0 Å². The molecule has 1 aromatic rings. The van der Waals surface area contributed by atoms with Crippen LogP contribution in [0.2, 0.25) is 0 Å². The maximum Gasteiger partial charge on any atom is 0.356 e. The number of nitrogens with two attached hydrogens (primary N) is 1. The summed E-state index contributed by atoms with van der Waals surface area (Å²) in [4.78, 5) is 17.8. The second-order valence-corrected chi connectivity index (χ2v) is 5.02. The summed E-state index contributed by atoms with van der Waals surface area (Å²) in [6.45, 7) is 1.61. The third kappa shape index (κ3) is 3.39. The number of esters is 1. The number of aromatic nitrogens is 1. The van der Waals surface area contributed by atoms with Crippen LogP contribution in [0.1, 0.15) is 29.8 Å². The van der Waals surface area contributed by atoms with Gasteiger partial charge in [-0.3, -0.25) is 0 Å². The second-order valence-electron chi connectivity index (χ2n) is 5.02. The zero-order chi connectivity index (χ0) is 14.5. The van der Waals surface area contributed by atoms with E-state index in [1.165, 1.54) is 26.0 Å². The lowest BCUT2D eigenvalue weighted by molar-refractivity contribution is 0.0592. The molecule has 1 aliphatic heterocycles. The predicted octanol–water partition coefficient (Wildman–Crippen LogP) is 1.31. The molecule has 0 amide bonds. The highest BCUT2D eigenvalue weighted by molar-refractivity contribution is 5.87. The average Bonchev–Trinajstić information content (AvgIpc) is 2.47. The van der Waals surface area contributed by atoms with Crippen molar-refractivity contribution in [3.8, 4) is 5.88 Å². The van der Waals surface area contributed by atoms with Gasteiger partial charge < -0.3 is 20.1 Å². The summed E-state index contributed by atoms with van der Waals surface area (Å²) >= 11 is 0. The molecule has 1 unspecified atom stereocenters. The molecular formula is C14H21N3O3. The minimum Gasteiger partial charge on any atom is -0.475 e. The van der Waals surface area contributed by atoms with Gasteiger partial charge >= 0.3 is 5.97 Å². The Balaban J connectivity index is 2.02. The number of ether oxygens (including phenoxy) is 2. The summed E-state index contributed by atoms with van der Waals surface area (Å²) < 4.78 is 10.3. The van der Waals surface area contributed by atoms with Crippen LogP contribution in [0.4, 0.5) is 5.69 Å². The van der Waals surface area contributed by atoms with Gasteiger partial charge in [0.1, 0.15) is 6.61 Å². The summed E-state index contributed by atoms with van der Waals surface area (Å²) in [5.74, 6) is -0.198. The average molecular weight is 279 g/mol. The summed E-state index contributed by atoms with van der Waals surface area (Å²) in [5, 5.41) is 0. The third-order valence-electron chi connectivity index (χ3n) is 3.62. The molecule has 110 valence electrons. The largest absolute Gasteiger partial charge is 0.475 e. The van der Waals surface area contributed by atoms with E-state index in [-0.39, 0.29) is 5.69 Å². The maximum absolute atomic E-state index is 11.4. The van der Waals surface area contributed by atoms with Gasteiger partial charge in [-0.05, 0) is 38.6 Å². The number of anilines is 1. The number of nitrogen functional groups attached to an aromatic ring is 1. The fourth-order valence-electron chi connectivity index (χ4n) is 2.31. The molecular weight excluding hydrogens is 258 g/mol. The topological polar surface area (TPSA) is 77.7 Å². The van der Waals surface area contributed by atoms with Gasteiger partial charge in [0.05, 0.1) is 12.8 Å². The first kappa shape index (κ1) is 14.6. The monoisotopic (exact) mass is 279 g/mol. The first-order valence-corrected chi connectivity index (χ1v) is 6.79. The molecule has 0 bridgehead atoms. The van der Waals surface area contributed by atoms with Gasteiger partial charge in [-0.15, -0.1) is 0 Å². The number of pyridine rings is 1. The van der Waals surface area contributed by atoms with Gasteiger partial charge in [0.15, 0.2) is 5.69 Å². The number of likely N-dealkylation sites (tertiary alicyclic amines) is 1. The van der Waals surface area contributed by atoms with Crippen molar-refractivity contribution in [1.29, 1.82) is 0 Å². The molecule has 1 atom stereocenters. The van der Waals surface area contributed by atoms with Crippen LogP contribution >= 0.6 is 0 Å². The number of carbonyl (C=O) groups is 1. The molecule has 1 aromatic heterocycles. The van der Waals surface area contributed by atoms with E-state index >= 15 is 0 Å². The van der Waals surface area contributed by atoms with Gasteiger partial charge in [0, 0.05) is 6.04 Å². The molecule has 1 saturated heterocycles. The Morgan fingerprint density at radius 3 is 3.00 bits per heavy atom. The van der Waals surface area contributed by atoms with E-state index in [4.69, 9.17) is 10.5 Å². The summed E-state index contributed by atoms with van der Waals surface area (Å²) in [6.07, 6.45) is 3.54. The van der Waals surface area contributed by atoms with E-state index in [2.05, 4.69) is 21.7 Å². The Morgan fingerprint density at radius 2 is 2.30 bits per heavy atom. The molecule has 20 heavy (non-hydrogen) atoms. The van der Waals surface area contributed by atoms with Crippen molar-refractivity contribution in [2.75, 3.05) is 33.0 Å². The third-order valence-corrected chi connectivity index (χ3v) is 3.62. The highest BCUT2D eigenvalue weighted by atomic mass is 16.5. The summed E-state index contributed by atoms with van der Waals surface area (Å²) in [7, 11) is 3.41. The number of piperidine rings is 1. The predicted molar refractivity (Wildman–Crippen MR) is 75.8 cm³/mol. The molecule has 0 radical (unpaired) electrons. The van der Waals surface area contributed by atoms with Gasteiger partial charge in [-0.25, -0.2) is 9.78 Å². The fourth-order valence-corrected chi connectivity index (χ4v) is 2.31. The zero-order valence-electron chi connectivity index (χ0n) is 12.0. The smallest absolute Gasteiger partial charge is 0.356 e.